The first kappa shape index (κ1) is 12.6. The van der Waals surface area contributed by atoms with Gasteiger partial charge in [-0.2, -0.15) is 0 Å². The third-order valence-corrected chi connectivity index (χ3v) is 4.75. The van der Waals surface area contributed by atoms with E-state index in [0.717, 1.165) is 15.8 Å². The van der Waals surface area contributed by atoms with Crippen LogP contribution in [0.1, 0.15) is 22.9 Å². The number of aromatic nitrogens is 1. The Kier molecular flexibility index (Phi) is 4.20. The van der Waals surface area contributed by atoms with Crippen LogP contribution in [0.5, 0.6) is 0 Å². The van der Waals surface area contributed by atoms with Crippen LogP contribution < -0.4 is 5.73 Å². The first-order valence-electron chi connectivity index (χ1n) is 5.52. The summed E-state index contributed by atoms with van der Waals surface area (Å²) in [6, 6.07) is 8.49. The number of aryl methyl sites for hydroxylation is 2. The van der Waals surface area contributed by atoms with Gasteiger partial charge in [-0.15, -0.1) is 11.3 Å². The zero-order chi connectivity index (χ0) is 12.3. The number of nitrogens with zero attached hydrogens (tertiary/aromatic N) is 1. The summed E-state index contributed by atoms with van der Waals surface area (Å²) in [7, 11) is 0. The highest BCUT2D eigenvalue weighted by atomic mass is 32.2. The Labute approximate surface area is 110 Å². The lowest BCUT2D eigenvalue weighted by Gasteiger charge is -2.10. The SMILES string of the molecule is Cc1ccc(C(N)CSc2nc(C)cs2)cc1. The van der Waals surface area contributed by atoms with E-state index in [1.807, 2.05) is 6.92 Å². The molecule has 2 rings (SSSR count). The summed E-state index contributed by atoms with van der Waals surface area (Å²) in [6.07, 6.45) is 0. The molecule has 0 aliphatic rings. The molecule has 2 aromatic rings. The Morgan fingerprint density at radius 3 is 2.59 bits per heavy atom. The Balaban J connectivity index is 1.93. The third kappa shape index (κ3) is 3.56. The van der Waals surface area contributed by atoms with Crippen molar-refractivity contribution in [3.63, 3.8) is 0 Å². The Hall–Kier alpha value is -0.840. The molecule has 17 heavy (non-hydrogen) atoms. The molecule has 2 nitrogen and oxygen atoms in total. The normalized spacial score (nSPS) is 12.6. The highest BCUT2D eigenvalue weighted by Gasteiger charge is 2.08. The van der Waals surface area contributed by atoms with Crippen LogP contribution in [0.4, 0.5) is 0 Å². The van der Waals surface area contributed by atoms with Gasteiger partial charge in [-0.3, -0.25) is 0 Å². The second kappa shape index (κ2) is 5.67. The molecule has 0 spiro atoms. The summed E-state index contributed by atoms with van der Waals surface area (Å²) < 4.78 is 1.10. The zero-order valence-corrected chi connectivity index (χ0v) is 11.6. The van der Waals surface area contributed by atoms with E-state index in [4.69, 9.17) is 5.73 Å². The summed E-state index contributed by atoms with van der Waals surface area (Å²) in [6.45, 7) is 4.10. The minimum Gasteiger partial charge on any atom is -0.323 e. The van der Waals surface area contributed by atoms with Crippen molar-refractivity contribution >= 4 is 23.1 Å². The molecule has 1 aromatic heterocycles. The number of benzene rings is 1. The monoisotopic (exact) mass is 264 g/mol. The maximum absolute atomic E-state index is 6.16. The van der Waals surface area contributed by atoms with Crippen molar-refractivity contribution in [3.05, 3.63) is 46.5 Å². The highest BCUT2D eigenvalue weighted by Crippen LogP contribution is 2.26. The topological polar surface area (TPSA) is 38.9 Å². The lowest BCUT2D eigenvalue weighted by Crippen LogP contribution is -2.12. The fourth-order valence-corrected chi connectivity index (χ4v) is 3.33. The lowest BCUT2D eigenvalue weighted by atomic mass is 10.1. The number of hydrogen-bond acceptors (Lipinski definition) is 4. The predicted molar refractivity (Wildman–Crippen MR) is 75.7 cm³/mol. The number of nitrogens with two attached hydrogens (primary N) is 1. The number of hydrogen-bond donors (Lipinski definition) is 1. The van der Waals surface area contributed by atoms with Gasteiger partial charge in [0.15, 0.2) is 0 Å². The second-order valence-corrected chi connectivity index (χ2v) is 6.21. The van der Waals surface area contributed by atoms with E-state index in [2.05, 4.69) is 41.6 Å². The van der Waals surface area contributed by atoms with Gasteiger partial charge in [0.1, 0.15) is 4.34 Å². The maximum atomic E-state index is 6.16. The number of thiazole rings is 1. The predicted octanol–water partition coefficient (Wildman–Crippen LogP) is 3.55. The Morgan fingerprint density at radius 2 is 2.00 bits per heavy atom. The molecule has 90 valence electrons. The van der Waals surface area contributed by atoms with Crippen molar-refractivity contribution in [3.8, 4) is 0 Å². The van der Waals surface area contributed by atoms with Crippen molar-refractivity contribution in [2.45, 2.75) is 24.2 Å². The van der Waals surface area contributed by atoms with Crippen LogP contribution in [0.3, 0.4) is 0 Å². The number of thioether (sulfide) groups is 1. The van der Waals surface area contributed by atoms with Crippen LogP contribution in [0, 0.1) is 13.8 Å². The highest BCUT2D eigenvalue weighted by molar-refractivity contribution is 8.01. The van der Waals surface area contributed by atoms with Crippen molar-refractivity contribution in [1.82, 2.24) is 4.98 Å². The lowest BCUT2D eigenvalue weighted by molar-refractivity contribution is 0.830. The summed E-state index contributed by atoms with van der Waals surface area (Å²) in [5, 5.41) is 2.07. The van der Waals surface area contributed by atoms with E-state index in [9.17, 15) is 0 Å². The van der Waals surface area contributed by atoms with E-state index in [0.29, 0.717) is 0 Å². The second-order valence-electron chi connectivity index (χ2n) is 4.08. The van der Waals surface area contributed by atoms with Crippen LogP contribution in [0.2, 0.25) is 0 Å². The first-order valence-corrected chi connectivity index (χ1v) is 7.39. The molecule has 2 N–H and O–H groups in total. The van der Waals surface area contributed by atoms with E-state index in [-0.39, 0.29) is 6.04 Å². The quantitative estimate of drug-likeness (QED) is 0.858. The Morgan fingerprint density at radius 1 is 1.29 bits per heavy atom. The average Bonchev–Trinajstić information content (AvgIpc) is 2.73. The standard InChI is InChI=1S/C13H16N2S2/c1-9-3-5-11(6-4-9)12(14)8-17-13-15-10(2)7-16-13/h3-7,12H,8,14H2,1-2H3. The molecule has 0 fully saturated rings. The van der Waals surface area contributed by atoms with E-state index in [1.54, 1.807) is 23.1 Å². The molecule has 1 aromatic carbocycles. The number of rotatable bonds is 4. The van der Waals surface area contributed by atoms with E-state index in [1.165, 1.54) is 11.1 Å². The fourth-order valence-electron chi connectivity index (χ4n) is 1.47. The molecule has 1 unspecified atom stereocenters. The van der Waals surface area contributed by atoms with Gasteiger partial charge in [-0.1, -0.05) is 41.6 Å². The maximum Gasteiger partial charge on any atom is 0.150 e. The van der Waals surface area contributed by atoms with Gasteiger partial charge < -0.3 is 5.73 Å². The molecular weight excluding hydrogens is 248 g/mol. The van der Waals surface area contributed by atoms with Gasteiger partial charge in [0.25, 0.3) is 0 Å². The van der Waals surface area contributed by atoms with Crippen molar-refractivity contribution in [1.29, 1.82) is 0 Å². The van der Waals surface area contributed by atoms with Crippen LogP contribution in [-0.4, -0.2) is 10.7 Å². The van der Waals surface area contributed by atoms with Crippen molar-refractivity contribution in [2.75, 3.05) is 5.75 Å². The molecule has 0 saturated heterocycles. The molecule has 4 heteroatoms. The van der Waals surface area contributed by atoms with Gasteiger partial charge in [0.2, 0.25) is 0 Å². The molecule has 0 radical (unpaired) electrons. The molecule has 1 atom stereocenters. The van der Waals surface area contributed by atoms with Crippen molar-refractivity contribution < 1.29 is 0 Å². The molecule has 0 bridgehead atoms. The van der Waals surface area contributed by atoms with Crippen molar-refractivity contribution in [2.24, 2.45) is 5.73 Å². The van der Waals surface area contributed by atoms with E-state index < -0.39 is 0 Å². The first-order chi connectivity index (χ1) is 8.15. The third-order valence-electron chi connectivity index (χ3n) is 2.49. The summed E-state index contributed by atoms with van der Waals surface area (Å²) in [4.78, 5) is 4.42. The van der Waals surface area contributed by atoms with Crippen LogP contribution in [-0.2, 0) is 0 Å². The molecule has 0 aliphatic heterocycles. The molecule has 0 aliphatic carbocycles. The molecular formula is C13H16N2S2. The van der Waals surface area contributed by atoms with Gasteiger partial charge in [-0.05, 0) is 19.4 Å². The smallest absolute Gasteiger partial charge is 0.150 e. The molecule has 0 amide bonds. The largest absolute Gasteiger partial charge is 0.323 e. The van der Waals surface area contributed by atoms with Crippen LogP contribution >= 0.6 is 23.1 Å². The summed E-state index contributed by atoms with van der Waals surface area (Å²) in [5.41, 5.74) is 9.70. The Bertz CT molecular complexity index is 476. The molecule has 1 heterocycles. The summed E-state index contributed by atoms with van der Waals surface area (Å²) in [5.74, 6) is 0.871. The average molecular weight is 264 g/mol. The van der Waals surface area contributed by atoms with Gasteiger partial charge >= 0.3 is 0 Å². The molecule has 0 saturated carbocycles. The van der Waals surface area contributed by atoms with Gasteiger partial charge in [-0.25, -0.2) is 4.98 Å². The summed E-state index contributed by atoms with van der Waals surface area (Å²) >= 11 is 3.42. The minimum atomic E-state index is 0.0739. The van der Waals surface area contributed by atoms with Crippen LogP contribution in [0.15, 0.2) is 34.0 Å². The minimum absolute atomic E-state index is 0.0739. The van der Waals surface area contributed by atoms with Crippen LogP contribution in [0.25, 0.3) is 0 Å². The van der Waals surface area contributed by atoms with E-state index >= 15 is 0 Å². The van der Waals surface area contributed by atoms with Gasteiger partial charge in [0.05, 0.1) is 0 Å². The van der Waals surface area contributed by atoms with Gasteiger partial charge in [0, 0.05) is 22.9 Å². The zero-order valence-electron chi connectivity index (χ0n) is 10.0. The fraction of sp³-hybridized carbons (Fsp3) is 0.308.